The van der Waals surface area contributed by atoms with E-state index in [1.807, 2.05) is 24.3 Å². The van der Waals surface area contributed by atoms with E-state index in [2.05, 4.69) is 9.88 Å². The molecule has 1 fully saturated rings. The van der Waals surface area contributed by atoms with Crippen molar-refractivity contribution in [2.75, 3.05) is 38.1 Å². The second kappa shape index (κ2) is 13.6. The lowest BCUT2D eigenvalue weighted by Crippen LogP contribution is -2.56. The van der Waals surface area contributed by atoms with Crippen molar-refractivity contribution in [3.8, 4) is 5.75 Å². The number of hydrogen-bond acceptors (Lipinski definition) is 8. The van der Waals surface area contributed by atoms with Gasteiger partial charge < -0.3 is 18.7 Å². The zero-order valence-electron chi connectivity index (χ0n) is 26.2. The smallest absolute Gasteiger partial charge is 0.410 e. The number of para-hydroxylation sites is 1. The van der Waals surface area contributed by atoms with Crippen LogP contribution < -0.4 is 9.08 Å². The number of anilines is 1. The normalized spacial score (nSPS) is 14.5. The largest absolute Gasteiger partial charge is 0.444 e. The molecule has 46 heavy (non-hydrogen) atoms. The lowest BCUT2D eigenvalue weighted by molar-refractivity contribution is -0.136. The van der Waals surface area contributed by atoms with Crippen molar-refractivity contribution in [2.24, 2.45) is 0 Å². The lowest BCUT2D eigenvalue weighted by Gasteiger charge is -2.39. The molecule has 242 valence electrons. The summed E-state index contributed by atoms with van der Waals surface area (Å²) in [6.45, 7) is 7.40. The summed E-state index contributed by atoms with van der Waals surface area (Å²) in [6.07, 6.45) is 2.69. The van der Waals surface area contributed by atoms with Crippen LogP contribution in [0.2, 0.25) is 5.02 Å². The number of rotatable bonds is 8. The van der Waals surface area contributed by atoms with Crippen LogP contribution in [-0.2, 0) is 26.1 Å². The van der Waals surface area contributed by atoms with Gasteiger partial charge in [-0.25, -0.2) is 4.79 Å². The molecule has 0 saturated carbocycles. The molecule has 0 N–H and O–H groups in total. The Morgan fingerprint density at radius 3 is 2.33 bits per heavy atom. The van der Waals surface area contributed by atoms with E-state index >= 15 is 0 Å². The van der Waals surface area contributed by atoms with E-state index in [0.717, 1.165) is 5.69 Å². The fraction of sp³-hybridized carbons (Fsp3) is 0.324. The molecule has 10 nitrogen and oxygen atoms in total. The van der Waals surface area contributed by atoms with Gasteiger partial charge in [-0.1, -0.05) is 48.0 Å². The highest BCUT2D eigenvalue weighted by Crippen LogP contribution is 2.28. The number of piperazine rings is 1. The first-order chi connectivity index (χ1) is 21.8. The first-order valence-electron chi connectivity index (χ1n) is 14.9. The van der Waals surface area contributed by atoms with Crippen molar-refractivity contribution < 1.29 is 26.9 Å². The number of carbonyl (C=O) groups excluding carboxylic acids is 2. The summed E-state index contributed by atoms with van der Waals surface area (Å²) in [5, 5.41) is 1.84. The van der Waals surface area contributed by atoms with Crippen LogP contribution >= 0.6 is 11.6 Å². The minimum Gasteiger partial charge on any atom is -0.444 e. The third-order valence-electron chi connectivity index (χ3n) is 7.69. The molecule has 2 amide bonds. The first-order valence-corrected chi connectivity index (χ1v) is 16.7. The SMILES string of the molecule is CN(C(=O)OC(C)(C)C)[C@@H](Cc1ccc(OS(=O)(=O)c2cccc3cnccc23)cc1)C(=O)N1CCN(c2ccccc2Cl)CC1. The van der Waals surface area contributed by atoms with Crippen molar-refractivity contribution in [3.05, 3.63) is 95.8 Å². The Hall–Kier alpha value is -4.35. The fourth-order valence-electron chi connectivity index (χ4n) is 5.32. The summed E-state index contributed by atoms with van der Waals surface area (Å²) in [6, 6.07) is 19.7. The Bertz CT molecular complexity index is 1810. The molecule has 1 aliphatic heterocycles. The number of benzene rings is 3. The Morgan fingerprint density at radius 2 is 1.65 bits per heavy atom. The van der Waals surface area contributed by atoms with Crippen LogP contribution in [0.4, 0.5) is 10.5 Å². The molecule has 0 unspecified atom stereocenters. The van der Waals surface area contributed by atoms with E-state index in [9.17, 15) is 18.0 Å². The number of aromatic nitrogens is 1. The second-order valence-electron chi connectivity index (χ2n) is 12.1. The maximum Gasteiger partial charge on any atom is 0.410 e. The number of hydrogen-bond donors (Lipinski definition) is 0. The summed E-state index contributed by atoms with van der Waals surface area (Å²) in [4.78, 5) is 36.4. The first kappa shape index (κ1) is 33.0. The highest BCUT2D eigenvalue weighted by molar-refractivity contribution is 7.87. The highest BCUT2D eigenvalue weighted by atomic mass is 35.5. The Morgan fingerprint density at radius 1 is 0.957 bits per heavy atom. The zero-order valence-corrected chi connectivity index (χ0v) is 27.8. The van der Waals surface area contributed by atoms with Gasteiger partial charge in [0.15, 0.2) is 0 Å². The summed E-state index contributed by atoms with van der Waals surface area (Å²) < 4.78 is 37.4. The van der Waals surface area contributed by atoms with Gasteiger partial charge in [-0.3, -0.25) is 14.7 Å². The van der Waals surface area contributed by atoms with Gasteiger partial charge in [0.2, 0.25) is 5.91 Å². The molecule has 1 aromatic heterocycles. The monoisotopic (exact) mass is 664 g/mol. The van der Waals surface area contributed by atoms with Crippen molar-refractivity contribution in [3.63, 3.8) is 0 Å². The Balaban J connectivity index is 1.32. The van der Waals surface area contributed by atoms with Crippen molar-refractivity contribution in [2.45, 2.75) is 43.7 Å². The third-order valence-corrected chi connectivity index (χ3v) is 9.31. The summed E-state index contributed by atoms with van der Waals surface area (Å²) >= 11 is 6.40. The number of halogens is 1. The molecule has 1 aliphatic rings. The predicted octanol–water partition coefficient (Wildman–Crippen LogP) is 5.78. The van der Waals surface area contributed by atoms with Crippen molar-refractivity contribution in [1.82, 2.24) is 14.8 Å². The standard InChI is InChI=1S/C34H37ClN4O6S/c1-34(2,3)44-33(41)37(4)30(32(40)39-20-18-38(19-21-39)29-10-6-5-9-28(29)35)22-24-12-14-26(15-13-24)45-46(42,43)31-11-7-8-25-23-36-17-16-27(25)31/h5-17,23,30H,18-22H2,1-4H3/t30-/m0/s1. The van der Waals surface area contributed by atoms with Crippen LogP contribution in [0.1, 0.15) is 26.3 Å². The second-order valence-corrected chi connectivity index (χ2v) is 14.0. The molecular formula is C34H37ClN4O6S. The lowest BCUT2D eigenvalue weighted by atomic mass is 10.0. The molecule has 1 atom stereocenters. The van der Waals surface area contributed by atoms with Gasteiger partial charge in [0, 0.05) is 62.8 Å². The van der Waals surface area contributed by atoms with Crippen LogP contribution in [0.25, 0.3) is 10.8 Å². The summed E-state index contributed by atoms with van der Waals surface area (Å²) in [5.41, 5.74) is 0.884. The average molecular weight is 665 g/mol. The van der Waals surface area contributed by atoms with E-state index in [-0.39, 0.29) is 23.0 Å². The predicted molar refractivity (Wildman–Crippen MR) is 178 cm³/mol. The number of amides is 2. The molecule has 12 heteroatoms. The highest BCUT2D eigenvalue weighted by Gasteiger charge is 2.35. The van der Waals surface area contributed by atoms with E-state index in [1.165, 1.54) is 29.3 Å². The maximum atomic E-state index is 14.0. The van der Waals surface area contributed by atoms with Gasteiger partial charge >= 0.3 is 16.2 Å². The van der Waals surface area contributed by atoms with Crippen LogP contribution in [0, 0.1) is 0 Å². The van der Waals surface area contributed by atoms with Crippen LogP contribution in [0.5, 0.6) is 5.75 Å². The molecule has 2 heterocycles. The van der Waals surface area contributed by atoms with Gasteiger partial charge in [0.05, 0.1) is 10.7 Å². The Kier molecular flexibility index (Phi) is 9.74. The van der Waals surface area contributed by atoms with E-state index in [0.29, 0.717) is 47.5 Å². The molecule has 5 rings (SSSR count). The topological polar surface area (TPSA) is 109 Å². The van der Waals surface area contributed by atoms with Crippen LogP contribution in [0.15, 0.2) is 90.1 Å². The van der Waals surface area contributed by atoms with Crippen molar-refractivity contribution in [1.29, 1.82) is 0 Å². The molecule has 1 saturated heterocycles. The number of carbonyl (C=O) groups is 2. The molecule has 4 aromatic rings. The third kappa shape index (κ3) is 7.71. The van der Waals surface area contributed by atoms with Crippen LogP contribution in [0.3, 0.4) is 0 Å². The summed E-state index contributed by atoms with van der Waals surface area (Å²) in [7, 11) is -2.59. The minimum absolute atomic E-state index is 0.0377. The van der Waals surface area contributed by atoms with E-state index in [4.69, 9.17) is 20.5 Å². The molecule has 0 aliphatic carbocycles. The number of pyridine rings is 1. The zero-order chi connectivity index (χ0) is 33.1. The van der Waals surface area contributed by atoms with Gasteiger partial charge in [0.1, 0.15) is 22.3 Å². The Labute approximate surface area is 274 Å². The molecule has 0 spiro atoms. The van der Waals surface area contributed by atoms with Gasteiger partial charge in [0.25, 0.3) is 0 Å². The van der Waals surface area contributed by atoms with E-state index in [1.54, 1.807) is 69.2 Å². The molecule has 0 bridgehead atoms. The van der Waals surface area contributed by atoms with Crippen molar-refractivity contribution >= 4 is 50.2 Å². The van der Waals surface area contributed by atoms with Crippen LogP contribution in [-0.4, -0.2) is 80.1 Å². The number of ether oxygens (including phenoxy) is 1. The fourth-order valence-corrected chi connectivity index (χ4v) is 6.73. The maximum absolute atomic E-state index is 14.0. The molecular weight excluding hydrogens is 628 g/mol. The number of likely N-dealkylation sites (N-methyl/N-ethyl adjacent to an activating group) is 1. The minimum atomic E-state index is -4.14. The van der Waals surface area contributed by atoms with Gasteiger partial charge in [-0.15, -0.1) is 0 Å². The number of nitrogens with zero attached hydrogens (tertiary/aromatic N) is 4. The molecule has 3 aromatic carbocycles. The molecule has 0 radical (unpaired) electrons. The van der Waals surface area contributed by atoms with Gasteiger partial charge in [-0.05, 0) is 62.7 Å². The average Bonchev–Trinajstić information content (AvgIpc) is 3.03. The quantitative estimate of drug-likeness (QED) is 0.218. The number of fused-ring (bicyclic) bond motifs is 1. The van der Waals surface area contributed by atoms with Gasteiger partial charge in [-0.2, -0.15) is 8.42 Å². The summed E-state index contributed by atoms with van der Waals surface area (Å²) in [5.74, 6) is -0.0885. The van der Waals surface area contributed by atoms with E-state index < -0.39 is 27.9 Å².